The van der Waals surface area contributed by atoms with Crippen LogP contribution in [0.5, 0.6) is 0 Å². The van der Waals surface area contributed by atoms with Gasteiger partial charge in [-0.3, -0.25) is 4.79 Å². The molecule has 1 aliphatic heterocycles. The van der Waals surface area contributed by atoms with Gasteiger partial charge in [-0.15, -0.1) is 18.3 Å². The molecule has 0 aliphatic carbocycles. The Morgan fingerprint density at radius 3 is 3.10 bits per heavy atom. The Hall–Kier alpha value is -1.26. The summed E-state index contributed by atoms with van der Waals surface area (Å²) in [5, 5.41) is 6.41. The summed E-state index contributed by atoms with van der Waals surface area (Å²) in [5.41, 5.74) is 0.898. The normalized spacial score (nSPS) is 21.8. The van der Waals surface area contributed by atoms with E-state index in [2.05, 4.69) is 24.1 Å². The Labute approximate surface area is 131 Å². The van der Waals surface area contributed by atoms with Gasteiger partial charge in [-0.2, -0.15) is 0 Å². The van der Waals surface area contributed by atoms with Crippen LogP contribution in [-0.4, -0.2) is 24.2 Å². The third-order valence-electron chi connectivity index (χ3n) is 3.91. The number of nitrogens with one attached hydrogen (secondary N) is 2. The molecule has 1 aliphatic rings. The van der Waals surface area contributed by atoms with Crippen LogP contribution in [0.25, 0.3) is 0 Å². The first-order chi connectivity index (χ1) is 10.2. The molecule has 3 nitrogen and oxygen atoms in total. The third kappa shape index (κ3) is 4.61. The van der Waals surface area contributed by atoms with Crippen LogP contribution in [0, 0.1) is 5.92 Å². The number of para-hydroxylation sites is 1. The van der Waals surface area contributed by atoms with E-state index in [0.29, 0.717) is 5.92 Å². The van der Waals surface area contributed by atoms with E-state index < -0.39 is 0 Å². The van der Waals surface area contributed by atoms with Gasteiger partial charge in [0.1, 0.15) is 0 Å². The van der Waals surface area contributed by atoms with E-state index >= 15 is 0 Å². The number of rotatable bonds is 6. The lowest BCUT2D eigenvalue weighted by Crippen LogP contribution is -2.46. The van der Waals surface area contributed by atoms with Crippen molar-refractivity contribution in [1.29, 1.82) is 0 Å². The minimum absolute atomic E-state index is 0.0684. The van der Waals surface area contributed by atoms with Crippen molar-refractivity contribution >= 4 is 23.4 Å². The molecule has 4 heteroatoms. The number of thioether (sulfide) groups is 1. The van der Waals surface area contributed by atoms with Gasteiger partial charge in [0, 0.05) is 10.6 Å². The zero-order valence-electron chi connectivity index (χ0n) is 12.6. The molecule has 0 bridgehead atoms. The predicted octanol–water partition coefficient (Wildman–Crippen LogP) is 3.68. The molecule has 1 heterocycles. The van der Waals surface area contributed by atoms with Crippen LogP contribution in [0.3, 0.4) is 0 Å². The fraction of sp³-hybridized carbons (Fsp3) is 0.471. The molecule has 0 spiro atoms. The molecule has 1 aromatic carbocycles. The third-order valence-corrected chi connectivity index (χ3v) is 4.98. The molecule has 1 aromatic rings. The molecular formula is C17H24N2OS. The molecule has 1 saturated heterocycles. The SMILES string of the molecule is C=CCSc1ccccc1NC(=O)C1CC(CC)CCN1. The number of hydrogen-bond acceptors (Lipinski definition) is 3. The van der Waals surface area contributed by atoms with E-state index in [-0.39, 0.29) is 11.9 Å². The van der Waals surface area contributed by atoms with Crippen LogP contribution in [0.4, 0.5) is 5.69 Å². The highest BCUT2D eigenvalue weighted by Crippen LogP contribution is 2.28. The lowest BCUT2D eigenvalue weighted by Gasteiger charge is -2.29. The highest BCUT2D eigenvalue weighted by atomic mass is 32.2. The number of anilines is 1. The highest BCUT2D eigenvalue weighted by Gasteiger charge is 2.26. The summed E-state index contributed by atoms with van der Waals surface area (Å²) in [6, 6.07) is 7.88. The number of carbonyl (C=O) groups is 1. The minimum atomic E-state index is -0.0684. The summed E-state index contributed by atoms with van der Waals surface area (Å²) in [6.07, 6.45) is 5.13. The van der Waals surface area contributed by atoms with Gasteiger partial charge in [0.15, 0.2) is 0 Å². The van der Waals surface area contributed by atoms with E-state index in [1.165, 1.54) is 6.42 Å². The molecule has 2 unspecified atom stereocenters. The Balaban J connectivity index is 2.00. The first kappa shape index (κ1) is 16.1. The number of carbonyl (C=O) groups excluding carboxylic acids is 1. The molecule has 21 heavy (non-hydrogen) atoms. The van der Waals surface area contributed by atoms with E-state index in [9.17, 15) is 4.79 Å². The molecule has 2 rings (SSSR count). The fourth-order valence-corrected chi connectivity index (χ4v) is 3.38. The summed E-state index contributed by atoms with van der Waals surface area (Å²) >= 11 is 1.69. The average Bonchev–Trinajstić information content (AvgIpc) is 2.54. The summed E-state index contributed by atoms with van der Waals surface area (Å²) in [5.74, 6) is 1.58. The van der Waals surface area contributed by atoms with Gasteiger partial charge >= 0.3 is 0 Å². The second kappa shape index (κ2) is 8.25. The zero-order chi connectivity index (χ0) is 15.1. The molecule has 0 saturated carbocycles. The van der Waals surface area contributed by atoms with Crippen LogP contribution in [0.2, 0.25) is 0 Å². The van der Waals surface area contributed by atoms with Gasteiger partial charge in [0.2, 0.25) is 5.91 Å². The van der Waals surface area contributed by atoms with Crippen molar-refractivity contribution < 1.29 is 4.79 Å². The monoisotopic (exact) mass is 304 g/mol. The summed E-state index contributed by atoms with van der Waals surface area (Å²) in [6.45, 7) is 6.87. The first-order valence-electron chi connectivity index (χ1n) is 7.61. The molecule has 0 radical (unpaired) electrons. The van der Waals surface area contributed by atoms with Gasteiger partial charge in [-0.05, 0) is 37.4 Å². The van der Waals surface area contributed by atoms with Crippen molar-refractivity contribution in [2.24, 2.45) is 5.92 Å². The summed E-state index contributed by atoms with van der Waals surface area (Å²) < 4.78 is 0. The summed E-state index contributed by atoms with van der Waals surface area (Å²) in [4.78, 5) is 13.5. The second-order valence-electron chi connectivity index (χ2n) is 5.39. The molecule has 0 aromatic heterocycles. The van der Waals surface area contributed by atoms with Crippen molar-refractivity contribution in [2.75, 3.05) is 17.6 Å². The maximum Gasteiger partial charge on any atom is 0.241 e. The van der Waals surface area contributed by atoms with E-state index in [1.54, 1.807) is 11.8 Å². The Kier molecular flexibility index (Phi) is 6.33. The lowest BCUT2D eigenvalue weighted by atomic mass is 9.90. The predicted molar refractivity (Wildman–Crippen MR) is 90.8 cm³/mol. The molecule has 114 valence electrons. The Morgan fingerprint density at radius 2 is 2.33 bits per heavy atom. The second-order valence-corrected chi connectivity index (χ2v) is 6.45. The van der Waals surface area contributed by atoms with Crippen LogP contribution >= 0.6 is 11.8 Å². The minimum Gasteiger partial charge on any atom is -0.324 e. The van der Waals surface area contributed by atoms with Gasteiger partial charge < -0.3 is 10.6 Å². The van der Waals surface area contributed by atoms with Crippen molar-refractivity contribution in [3.8, 4) is 0 Å². The largest absolute Gasteiger partial charge is 0.324 e. The lowest BCUT2D eigenvalue weighted by molar-refractivity contribution is -0.119. The highest BCUT2D eigenvalue weighted by molar-refractivity contribution is 7.99. The van der Waals surface area contributed by atoms with Crippen molar-refractivity contribution in [3.63, 3.8) is 0 Å². The Bertz CT molecular complexity index is 489. The fourth-order valence-electron chi connectivity index (χ4n) is 2.63. The van der Waals surface area contributed by atoms with E-state index in [0.717, 1.165) is 35.7 Å². The van der Waals surface area contributed by atoms with Crippen molar-refractivity contribution in [2.45, 2.75) is 37.1 Å². The van der Waals surface area contributed by atoms with E-state index in [1.807, 2.05) is 30.3 Å². The number of benzene rings is 1. The molecule has 1 fully saturated rings. The van der Waals surface area contributed by atoms with Crippen molar-refractivity contribution in [3.05, 3.63) is 36.9 Å². The van der Waals surface area contributed by atoms with Gasteiger partial charge in [0.25, 0.3) is 0 Å². The number of amides is 1. The van der Waals surface area contributed by atoms with Gasteiger partial charge in [0.05, 0.1) is 11.7 Å². The summed E-state index contributed by atoms with van der Waals surface area (Å²) in [7, 11) is 0. The standard InChI is InChI=1S/C17H24N2OS/c1-3-11-21-16-8-6-5-7-14(16)19-17(20)15-12-13(4-2)9-10-18-15/h3,5-8,13,15,18H,1,4,9-12H2,2H3,(H,19,20). The maximum atomic E-state index is 12.5. The Morgan fingerprint density at radius 1 is 1.52 bits per heavy atom. The van der Waals surface area contributed by atoms with Crippen molar-refractivity contribution in [1.82, 2.24) is 5.32 Å². The van der Waals surface area contributed by atoms with Crippen LogP contribution in [0.15, 0.2) is 41.8 Å². The molecule has 1 amide bonds. The smallest absolute Gasteiger partial charge is 0.241 e. The average molecular weight is 304 g/mol. The number of piperidine rings is 1. The van der Waals surface area contributed by atoms with Crippen LogP contribution < -0.4 is 10.6 Å². The maximum absolute atomic E-state index is 12.5. The van der Waals surface area contributed by atoms with Crippen LogP contribution in [-0.2, 0) is 4.79 Å². The molecule has 2 atom stereocenters. The van der Waals surface area contributed by atoms with Crippen LogP contribution in [0.1, 0.15) is 26.2 Å². The quantitative estimate of drug-likeness (QED) is 0.622. The molecule has 2 N–H and O–H groups in total. The molecular weight excluding hydrogens is 280 g/mol. The van der Waals surface area contributed by atoms with E-state index in [4.69, 9.17) is 0 Å². The first-order valence-corrected chi connectivity index (χ1v) is 8.60. The number of hydrogen-bond donors (Lipinski definition) is 2. The zero-order valence-corrected chi connectivity index (χ0v) is 13.4. The van der Waals surface area contributed by atoms with Gasteiger partial charge in [-0.25, -0.2) is 0 Å². The topological polar surface area (TPSA) is 41.1 Å². The van der Waals surface area contributed by atoms with Gasteiger partial charge in [-0.1, -0.05) is 31.6 Å².